The van der Waals surface area contributed by atoms with Crippen LogP contribution in [0.15, 0.2) is 36.5 Å². The number of allylic oxidation sites excluding steroid dienone is 5. The normalized spacial score (nSPS) is 13.0. The van der Waals surface area contributed by atoms with E-state index in [0.717, 1.165) is 31.4 Å². The molecule has 0 unspecified atom stereocenters. The van der Waals surface area contributed by atoms with E-state index in [1.165, 1.54) is 128 Å². The summed E-state index contributed by atoms with van der Waals surface area (Å²) in [5.74, 6) is 0. The van der Waals surface area contributed by atoms with Crippen LogP contribution in [-0.4, -0.2) is 57.3 Å². The largest absolute Gasteiger partial charge is 0.500 e. The Morgan fingerprint density at radius 3 is 1.10 bits per heavy atom. The first-order chi connectivity index (χ1) is 24.5. The molecule has 0 saturated carbocycles. The molecule has 0 amide bonds. The smallest absolute Gasteiger partial charge is 0.374 e. The van der Waals surface area contributed by atoms with E-state index in [2.05, 4.69) is 24.8 Å². The molecule has 0 aliphatic heterocycles. The van der Waals surface area contributed by atoms with Crippen LogP contribution in [0.4, 0.5) is 0 Å². The van der Waals surface area contributed by atoms with Gasteiger partial charge in [-0.15, -0.1) is 6.58 Å². The van der Waals surface area contributed by atoms with Gasteiger partial charge >= 0.3 is 17.6 Å². The molecule has 0 saturated heterocycles. The van der Waals surface area contributed by atoms with Gasteiger partial charge in [0.2, 0.25) is 0 Å². The van der Waals surface area contributed by atoms with Gasteiger partial charge in [-0.1, -0.05) is 133 Å². The summed E-state index contributed by atoms with van der Waals surface area (Å²) in [5, 5.41) is 0. The van der Waals surface area contributed by atoms with Crippen molar-refractivity contribution in [1.82, 2.24) is 0 Å². The Bertz CT molecular complexity index is 756. The molecule has 0 spiro atoms. The highest BCUT2D eigenvalue weighted by molar-refractivity contribution is 6.61. The molecule has 1 aliphatic carbocycles. The highest BCUT2D eigenvalue weighted by Crippen LogP contribution is 2.24. The lowest BCUT2D eigenvalue weighted by atomic mass is 10.0. The maximum atomic E-state index is 5.94. The van der Waals surface area contributed by atoms with Crippen LogP contribution in [0.3, 0.4) is 0 Å². The lowest BCUT2D eigenvalue weighted by Crippen LogP contribution is -2.45. The van der Waals surface area contributed by atoms with Crippen LogP contribution in [0.1, 0.15) is 183 Å². The summed E-state index contributed by atoms with van der Waals surface area (Å²) in [6.45, 7) is 19.9. The van der Waals surface area contributed by atoms with Crippen LogP contribution in [0.2, 0.25) is 12.1 Å². The number of rotatable bonds is 37. The Kier molecular flexibility index (Phi) is 36.3. The molecule has 1 rings (SSSR count). The number of hydrogen-bond acceptors (Lipinski definition) is 6. The molecule has 0 aromatic carbocycles. The van der Waals surface area contributed by atoms with Gasteiger partial charge in [-0.25, -0.2) is 0 Å². The molecule has 0 heterocycles. The maximum absolute atomic E-state index is 5.94. The first-order valence-corrected chi connectivity index (χ1v) is 25.2. The van der Waals surface area contributed by atoms with Gasteiger partial charge in [-0.3, -0.25) is 0 Å². The van der Waals surface area contributed by atoms with Crippen molar-refractivity contribution in [2.24, 2.45) is 0 Å². The number of unbranched alkanes of at least 4 members (excludes halogenated alkanes) is 18. The molecule has 0 aromatic rings. The van der Waals surface area contributed by atoms with Crippen molar-refractivity contribution in [2.45, 2.75) is 195 Å². The van der Waals surface area contributed by atoms with E-state index in [-0.39, 0.29) is 0 Å². The SMILES string of the molecule is C=CCCCCCCCCCCCCCCCCCCCC[Si](OCC)(OCC)OCC.CCO[Si](CCCC1=CC=CC1)(OCC)OCC. The molecule has 1 aliphatic rings. The van der Waals surface area contributed by atoms with E-state index in [1.54, 1.807) is 0 Å². The molecule has 0 N–H and O–H groups in total. The van der Waals surface area contributed by atoms with Crippen LogP contribution >= 0.6 is 0 Å². The molecule has 0 radical (unpaired) electrons. The number of hydrogen-bond donors (Lipinski definition) is 0. The highest BCUT2D eigenvalue weighted by Gasteiger charge is 2.40. The summed E-state index contributed by atoms with van der Waals surface area (Å²) in [6, 6.07) is 1.89. The van der Waals surface area contributed by atoms with Gasteiger partial charge in [0.1, 0.15) is 0 Å². The Hall–Kier alpha value is -0.586. The van der Waals surface area contributed by atoms with E-state index >= 15 is 0 Å². The second-order valence-corrected chi connectivity index (χ2v) is 18.9. The standard InChI is InChI=1S/C28H58O3Si.C14H26O3Si/c1-5-9-10-11-12-13-14-15-16-17-18-19-20-21-22-23-24-25-26-27-28-32(29-6-2,30-7-3)31-8-4;1-4-15-18(16-5-2,17-6-3)13-9-12-14-10-7-8-11-14/h5H,1,6-28H2,2-4H3;7-8,10H,4-6,9,11-13H2,1-3H3. The van der Waals surface area contributed by atoms with Crippen molar-refractivity contribution in [3.05, 3.63) is 36.5 Å². The third-order valence-corrected chi connectivity index (χ3v) is 15.5. The Labute approximate surface area is 314 Å². The third kappa shape index (κ3) is 28.0. The second kappa shape index (κ2) is 36.8. The zero-order chi connectivity index (χ0) is 36.9. The minimum absolute atomic E-state index is 0.663. The zero-order valence-electron chi connectivity index (χ0n) is 34.2. The summed E-state index contributed by atoms with van der Waals surface area (Å²) in [6.07, 6.45) is 38.2. The van der Waals surface area contributed by atoms with E-state index in [9.17, 15) is 0 Å². The fourth-order valence-corrected chi connectivity index (χ4v) is 12.0. The van der Waals surface area contributed by atoms with Gasteiger partial charge in [-0.2, -0.15) is 0 Å². The maximum Gasteiger partial charge on any atom is 0.500 e. The molecular weight excluding hydrogens is 657 g/mol. The average molecular weight is 741 g/mol. The Balaban J connectivity index is 0.00000112. The van der Waals surface area contributed by atoms with Gasteiger partial charge in [0.15, 0.2) is 0 Å². The van der Waals surface area contributed by atoms with Crippen molar-refractivity contribution < 1.29 is 26.6 Å². The molecule has 6 nitrogen and oxygen atoms in total. The van der Waals surface area contributed by atoms with Crippen molar-refractivity contribution in [3.63, 3.8) is 0 Å². The first-order valence-electron chi connectivity index (χ1n) is 21.3. The highest BCUT2D eigenvalue weighted by atomic mass is 28.4. The average Bonchev–Trinajstić information content (AvgIpc) is 3.62. The van der Waals surface area contributed by atoms with Gasteiger partial charge in [-0.05, 0) is 80.1 Å². The summed E-state index contributed by atoms with van der Waals surface area (Å²) >= 11 is 0. The Morgan fingerprint density at radius 1 is 0.480 bits per heavy atom. The minimum atomic E-state index is -2.42. The van der Waals surface area contributed by atoms with Crippen LogP contribution in [0.25, 0.3) is 0 Å². The summed E-state index contributed by atoms with van der Waals surface area (Å²) in [5.41, 5.74) is 1.50. The van der Waals surface area contributed by atoms with Crippen LogP contribution in [-0.2, 0) is 26.6 Å². The molecular formula is C42H84O6Si2. The minimum Gasteiger partial charge on any atom is -0.374 e. The predicted molar refractivity (Wildman–Crippen MR) is 220 cm³/mol. The summed E-state index contributed by atoms with van der Waals surface area (Å²) in [4.78, 5) is 0. The third-order valence-electron chi connectivity index (χ3n) is 9.16. The molecule has 0 aromatic heterocycles. The predicted octanol–water partition coefficient (Wildman–Crippen LogP) is 13.3. The van der Waals surface area contributed by atoms with Crippen molar-refractivity contribution in [2.75, 3.05) is 39.6 Å². The van der Waals surface area contributed by atoms with Gasteiger partial charge < -0.3 is 26.6 Å². The van der Waals surface area contributed by atoms with Crippen molar-refractivity contribution in [1.29, 1.82) is 0 Å². The van der Waals surface area contributed by atoms with Crippen LogP contribution in [0.5, 0.6) is 0 Å². The monoisotopic (exact) mass is 741 g/mol. The second-order valence-electron chi connectivity index (χ2n) is 13.5. The molecule has 0 atom stereocenters. The Morgan fingerprint density at radius 2 is 0.800 bits per heavy atom. The van der Waals surface area contributed by atoms with Crippen molar-refractivity contribution in [3.8, 4) is 0 Å². The van der Waals surface area contributed by atoms with E-state index in [1.807, 2.05) is 47.6 Å². The lowest BCUT2D eigenvalue weighted by molar-refractivity contribution is 0.0699. The van der Waals surface area contributed by atoms with Gasteiger partial charge in [0.05, 0.1) is 0 Å². The molecule has 0 fully saturated rings. The van der Waals surface area contributed by atoms with E-state index < -0.39 is 17.6 Å². The summed E-state index contributed by atoms with van der Waals surface area (Å²) < 4.78 is 35.3. The lowest BCUT2D eigenvalue weighted by Gasteiger charge is -2.28. The van der Waals surface area contributed by atoms with E-state index in [4.69, 9.17) is 26.6 Å². The van der Waals surface area contributed by atoms with Crippen LogP contribution < -0.4 is 0 Å². The molecule has 296 valence electrons. The molecule has 50 heavy (non-hydrogen) atoms. The zero-order valence-corrected chi connectivity index (χ0v) is 36.2. The van der Waals surface area contributed by atoms with Gasteiger partial charge in [0.25, 0.3) is 0 Å². The van der Waals surface area contributed by atoms with E-state index in [0.29, 0.717) is 39.6 Å². The topological polar surface area (TPSA) is 55.4 Å². The molecule has 0 bridgehead atoms. The fraction of sp³-hybridized carbons (Fsp3) is 0.857. The van der Waals surface area contributed by atoms with Gasteiger partial charge in [0, 0.05) is 51.7 Å². The first kappa shape index (κ1) is 49.4. The van der Waals surface area contributed by atoms with Crippen LogP contribution in [0, 0.1) is 0 Å². The van der Waals surface area contributed by atoms with Crippen molar-refractivity contribution >= 4 is 17.6 Å². The quantitative estimate of drug-likeness (QED) is 0.0359. The molecule has 8 heteroatoms. The fourth-order valence-electron chi connectivity index (χ4n) is 6.67. The summed E-state index contributed by atoms with van der Waals surface area (Å²) in [7, 11) is -4.83.